The van der Waals surface area contributed by atoms with Crippen molar-refractivity contribution in [2.45, 2.75) is 0 Å². The van der Waals surface area contributed by atoms with Crippen LogP contribution in [0.4, 0.5) is 0 Å². The standard InChI is InChI=1S/C13H6Br4N2/c14-7-3-6(4-8(15)5-7)13-18-11-9(16)1-2-10(17)12(11)19-13/h1-5H,(H,18,19). The molecule has 6 heteroatoms. The Morgan fingerprint density at radius 3 is 2.11 bits per heavy atom. The van der Waals surface area contributed by atoms with Crippen molar-refractivity contribution >= 4 is 74.8 Å². The molecular formula is C13H6Br4N2. The van der Waals surface area contributed by atoms with Crippen molar-refractivity contribution in [3.8, 4) is 11.4 Å². The summed E-state index contributed by atoms with van der Waals surface area (Å²) in [7, 11) is 0. The van der Waals surface area contributed by atoms with Crippen LogP contribution in [0.25, 0.3) is 22.4 Å². The predicted octanol–water partition coefficient (Wildman–Crippen LogP) is 6.28. The average Bonchev–Trinajstić information content (AvgIpc) is 2.79. The number of fused-ring (bicyclic) bond motifs is 1. The number of nitrogens with zero attached hydrogens (tertiary/aromatic N) is 1. The molecule has 3 aromatic rings. The van der Waals surface area contributed by atoms with Crippen LogP contribution in [-0.2, 0) is 0 Å². The molecule has 0 amide bonds. The Bertz CT molecular complexity index is 720. The minimum atomic E-state index is 0.838. The smallest absolute Gasteiger partial charge is 0.138 e. The molecule has 0 spiro atoms. The largest absolute Gasteiger partial charge is 0.337 e. The van der Waals surface area contributed by atoms with Gasteiger partial charge in [0, 0.05) is 23.5 Å². The van der Waals surface area contributed by atoms with Crippen LogP contribution in [0.5, 0.6) is 0 Å². The Morgan fingerprint density at radius 1 is 0.842 bits per heavy atom. The minimum Gasteiger partial charge on any atom is -0.337 e. The van der Waals surface area contributed by atoms with Crippen LogP contribution in [0.3, 0.4) is 0 Å². The van der Waals surface area contributed by atoms with E-state index in [9.17, 15) is 0 Å². The van der Waals surface area contributed by atoms with Gasteiger partial charge in [0.1, 0.15) is 11.3 Å². The Hall–Kier alpha value is -0.170. The third-order valence-corrected chi connectivity index (χ3v) is 4.90. The van der Waals surface area contributed by atoms with E-state index in [4.69, 9.17) is 0 Å². The average molecular weight is 510 g/mol. The van der Waals surface area contributed by atoms with Crippen LogP contribution in [0.15, 0.2) is 48.2 Å². The number of rotatable bonds is 1. The first-order chi connectivity index (χ1) is 9.04. The Labute approximate surface area is 143 Å². The molecule has 1 aromatic heterocycles. The van der Waals surface area contributed by atoms with Crippen LogP contribution in [-0.4, -0.2) is 9.97 Å². The van der Waals surface area contributed by atoms with Gasteiger partial charge in [-0.25, -0.2) is 4.98 Å². The van der Waals surface area contributed by atoms with Crippen molar-refractivity contribution in [1.29, 1.82) is 0 Å². The van der Waals surface area contributed by atoms with Gasteiger partial charge in [-0.15, -0.1) is 0 Å². The van der Waals surface area contributed by atoms with E-state index < -0.39 is 0 Å². The summed E-state index contributed by atoms with van der Waals surface area (Å²) in [6.45, 7) is 0. The second-order valence-corrected chi connectivity index (χ2v) is 7.54. The van der Waals surface area contributed by atoms with Crippen molar-refractivity contribution in [2.75, 3.05) is 0 Å². The first-order valence-corrected chi connectivity index (χ1v) is 8.52. The van der Waals surface area contributed by atoms with Crippen LogP contribution < -0.4 is 0 Å². The minimum absolute atomic E-state index is 0.838. The van der Waals surface area contributed by atoms with Crippen molar-refractivity contribution in [3.63, 3.8) is 0 Å². The zero-order chi connectivity index (χ0) is 13.6. The molecule has 96 valence electrons. The number of hydrogen-bond acceptors (Lipinski definition) is 1. The molecule has 2 nitrogen and oxygen atoms in total. The number of hydrogen-bond donors (Lipinski definition) is 1. The monoisotopic (exact) mass is 506 g/mol. The number of benzene rings is 2. The van der Waals surface area contributed by atoms with Gasteiger partial charge >= 0.3 is 0 Å². The van der Waals surface area contributed by atoms with E-state index >= 15 is 0 Å². The summed E-state index contributed by atoms with van der Waals surface area (Å²) in [4.78, 5) is 8.00. The lowest BCUT2D eigenvalue weighted by Crippen LogP contribution is -1.81. The van der Waals surface area contributed by atoms with Gasteiger partial charge < -0.3 is 4.98 Å². The number of H-pyrrole nitrogens is 1. The molecule has 0 atom stereocenters. The maximum absolute atomic E-state index is 4.65. The molecule has 0 aliphatic heterocycles. The van der Waals surface area contributed by atoms with Crippen LogP contribution in [0.1, 0.15) is 0 Å². The summed E-state index contributed by atoms with van der Waals surface area (Å²) >= 11 is 14.0. The molecule has 1 N–H and O–H groups in total. The Balaban J connectivity index is 2.26. The highest BCUT2D eigenvalue weighted by atomic mass is 79.9. The number of halogens is 4. The predicted molar refractivity (Wildman–Crippen MR) is 92.3 cm³/mol. The van der Waals surface area contributed by atoms with Gasteiger partial charge in [-0.05, 0) is 62.2 Å². The molecule has 0 saturated heterocycles. The van der Waals surface area contributed by atoms with E-state index in [0.29, 0.717) is 0 Å². The zero-order valence-corrected chi connectivity index (χ0v) is 15.7. The van der Waals surface area contributed by atoms with Crippen LogP contribution in [0.2, 0.25) is 0 Å². The van der Waals surface area contributed by atoms with E-state index in [-0.39, 0.29) is 0 Å². The number of aromatic nitrogens is 2. The maximum Gasteiger partial charge on any atom is 0.138 e. The first-order valence-electron chi connectivity index (χ1n) is 5.35. The lowest BCUT2D eigenvalue weighted by molar-refractivity contribution is 1.33. The first kappa shape index (κ1) is 13.8. The van der Waals surface area contributed by atoms with E-state index in [1.54, 1.807) is 0 Å². The molecule has 19 heavy (non-hydrogen) atoms. The highest BCUT2D eigenvalue weighted by Crippen LogP contribution is 2.32. The second kappa shape index (κ2) is 5.31. The molecule has 2 aromatic carbocycles. The SMILES string of the molecule is Brc1cc(Br)cc(-c2nc3c(Br)ccc(Br)c3[nH]2)c1. The topological polar surface area (TPSA) is 28.7 Å². The molecule has 0 unspecified atom stereocenters. The molecular weight excluding hydrogens is 504 g/mol. The summed E-state index contributed by atoms with van der Waals surface area (Å²) in [6, 6.07) is 10.0. The fourth-order valence-electron chi connectivity index (χ4n) is 1.85. The number of imidazole rings is 1. The molecule has 3 rings (SSSR count). The van der Waals surface area contributed by atoms with Gasteiger partial charge in [-0.2, -0.15) is 0 Å². The Morgan fingerprint density at radius 2 is 1.47 bits per heavy atom. The van der Waals surface area contributed by atoms with Crippen LogP contribution in [0, 0.1) is 0 Å². The van der Waals surface area contributed by atoms with E-state index in [1.807, 2.05) is 30.3 Å². The highest BCUT2D eigenvalue weighted by Gasteiger charge is 2.11. The molecule has 0 radical (unpaired) electrons. The zero-order valence-electron chi connectivity index (χ0n) is 9.35. The molecule has 0 aliphatic rings. The molecule has 0 aliphatic carbocycles. The van der Waals surface area contributed by atoms with E-state index in [1.165, 1.54) is 0 Å². The molecule has 0 bridgehead atoms. The number of aromatic amines is 1. The highest BCUT2D eigenvalue weighted by molar-refractivity contribution is 9.11. The van der Waals surface area contributed by atoms with Gasteiger partial charge in [0.2, 0.25) is 0 Å². The van der Waals surface area contributed by atoms with Crippen molar-refractivity contribution in [1.82, 2.24) is 9.97 Å². The third-order valence-electron chi connectivity index (χ3n) is 2.68. The quantitative estimate of drug-likeness (QED) is 0.411. The molecule has 0 saturated carbocycles. The van der Waals surface area contributed by atoms with Gasteiger partial charge in [0.25, 0.3) is 0 Å². The van der Waals surface area contributed by atoms with Crippen molar-refractivity contribution < 1.29 is 0 Å². The van der Waals surface area contributed by atoms with Gasteiger partial charge in [-0.3, -0.25) is 0 Å². The normalized spacial score (nSPS) is 11.2. The van der Waals surface area contributed by atoms with E-state index in [2.05, 4.69) is 73.7 Å². The number of nitrogens with one attached hydrogen (secondary N) is 1. The van der Waals surface area contributed by atoms with Crippen molar-refractivity contribution in [2.24, 2.45) is 0 Å². The van der Waals surface area contributed by atoms with Gasteiger partial charge in [-0.1, -0.05) is 31.9 Å². The van der Waals surface area contributed by atoms with Crippen LogP contribution >= 0.6 is 63.7 Å². The fourth-order valence-corrected chi connectivity index (χ4v) is 3.99. The molecule has 0 fully saturated rings. The van der Waals surface area contributed by atoms with Gasteiger partial charge in [0.05, 0.1) is 5.52 Å². The fraction of sp³-hybridized carbons (Fsp3) is 0. The molecule has 1 heterocycles. The Kier molecular flexibility index (Phi) is 3.86. The van der Waals surface area contributed by atoms with Gasteiger partial charge in [0.15, 0.2) is 0 Å². The summed E-state index contributed by atoms with van der Waals surface area (Å²) in [6.07, 6.45) is 0. The van der Waals surface area contributed by atoms with E-state index in [0.717, 1.165) is 40.3 Å². The summed E-state index contributed by atoms with van der Waals surface area (Å²) in [5.41, 5.74) is 2.93. The second-order valence-electron chi connectivity index (χ2n) is 4.00. The van der Waals surface area contributed by atoms with Crippen molar-refractivity contribution in [3.05, 3.63) is 48.2 Å². The summed E-state index contributed by atoms with van der Waals surface area (Å²) in [5.74, 6) is 0.838. The third kappa shape index (κ3) is 2.68. The summed E-state index contributed by atoms with van der Waals surface area (Å²) in [5, 5.41) is 0. The summed E-state index contributed by atoms with van der Waals surface area (Å²) < 4.78 is 3.99. The lowest BCUT2D eigenvalue weighted by Gasteiger charge is -1.99. The lowest BCUT2D eigenvalue weighted by atomic mass is 10.2. The maximum atomic E-state index is 4.65.